The molecule has 0 bridgehead atoms. The maximum absolute atomic E-state index is 11.4. The number of para-hydroxylation sites is 1. The Hall–Kier alpha value is -1.57. The molecule has 2 rings (SSSR count). The molecular formula is C14H17NO. The molecule has 1 atom stereocenters. The van der Waals surface area contributed by atoms with Crippen LogP contribution in [0.25, 0.3) is 0 Å². The van der Waals surface area contributed by atoms with Gasteiger partial charge in [0.25, 0.3) is 0 Å². The highest BCUT2D eigenvalue weighted by atomic mass is 16.1. The second-order valence-electron chi connectivity index (χ2n) is 4.34. The van der Waals surface area contributed by atoms with Crippen LogP contribution in [0, 0.1) is 5.92 Å². The molecule has 1 aliphatic rings. The second-order valence-corrected chi connectivity index (χ2v) is 4.34. The Kier molecular flexibility index (Phi) is 3.09. The van der Waals surface area contributed by atoms with Crippen LogP contribution < -0.4 is 4.90 Å². The van der Waals surface area contributed by atoms with Crippen LogP contribution in [0.4, 0.5) is 5.69 Å². The molecule has 1 saturated carbocycles. The van der Waals surface area contributed by atoms with Crippen molar-refractivity contribution in [3.8, 4) is 0 Å². The van der Waals surface area contributed by atoms with Crippen molar-refractivity contribution in [2.75, 3.05) is 11.9 Å². The van der Waals surface area contributed by atoms with Gasteiger partial charge in [-0.05, 0) is 24.1 Å². The van der Waals surface area contributed by atoms with E-state index in [1.54, 1.807) is 0 Å². The van der Waals surface area contributed by atoms with E-state index >= 15 is 0 Å². The fourth-order valence-corrected chi connectivity index (χ4v) is 2.07. The van der Waals surface area contributed by atoms with E-state index in [1.807, 2.05) is 32.2 Å². The first-order valence-electron chi connectivity index (χ1n) is 5.69. The van der Waals surface area contributed by atoms with E-state index in [0.29, 0.717) is 12.2 Å². The van der Waals surface area contributed by atoms with Crippen LogP contribution in [-0.4, -0.2) is 12.8 Å². The first-order chi connectivity index (χ1) is 7.68. The molecule has 1 aromatic carbocycles. The summed E-state index contributed by atoms with van der Waals surface area (Å²) in [4.78, 5) is 13.5. The minimum atomic E-state index is 0.103. The topological polar surface area (TPSA) is 20.3 Å². The summed E-state index contributed by atoms with van der Waals surface area (Å²) in [5.41, 5.74) is 2.40. The van der Waals surface area contributed by atoms with Crippen LogP contribution >= 0.6 is 0 Å². The lowest BCUT2D eigenvalue weighted by atomic mass is 10.1. The van der Waals surface area contributed by atoms with Crippen LogP contribution in [0.15, 0.2) is 42.1 Å². The van der Waals surface area contributed by atoms with Crippen LogP contribution in [0.3, 0.4) is 0 Å². The summed E-state index contributed by atoms with van der Waals surface area (Å²) in [6.07, 6.45) is 3.72. The molecule has 2 heteroatoms. The SMILES string of the molecule is CC1C(=O)CCC1=CN(C)c1ccccc1. The summed E-state index contributed by atoms with van der Waals surface area (Å²) >= 11 is 0. The average molecular weight is 215 g/mol. The van der Waals surface area contributed by atoms with Gasteiger partial charge in [-0.15, -0.1) is 0 Å². The molecule has 16 heavy (non-hydrogen) atoms. The zero-order chi connectivity index (χ0) is 11.5. The monoisotopic (exact) mass is 215 g/mol. The molecule has 1 fully saturated rings. The molecule has 0 radical (unpaired) electrons. The Labute approximate surface area is 96.6 Å². The Balaban J connectivity index is 2.16. The van der Waals surface area contributed by atoms with Crippen molar-refractivity contribution < 1.29 is 4.79 Å². The normalized spacial score (nSPS) is 22.8. The second kappa shape index (κ2) is 4.52. The summed E-state index contributed by atoms with van der Waals surface area (Å²) in [7, 11) is 2.03. The summed E-state index contributed by atoms with van der Waals surface area (Å²) in [5, 5.41) is 0. The third kappa shape index (κ3) is 2.16. The Bertz CT molecular complexity index is 408. The zero-order valence-corrected chi connectivity index (χ0v) is 9.81. The predicted molar refractivity (Wildman–Crippen MR) is 66.3 cm³/mol. The van der Waals surface area contributed by atoms with Crippen molar-refractivity contribution in [1.29, 1.82) is 0 Å². The molecule has 0 saturated heterocycles. The highest BCUT2D eigenvalue weighted by molar-refractivity contribution is 5.86. The number of anilines is 1. The van der Waals surface area contributed by atoms with Crippen molar-refractivity contribution in [2.24, 2.45) is 5.92 Å². The maximum atomic E-state index is 11.4. The third-order valence-electron chi connectivity index (χ3n) is 3.22. The van der Waals surface area contributed by atoms with E-state index in [0.717, 1.165) is 12.1 Å². The summed E-state index contributed by atoms with van der Waals surface area (Å²) < 4.78 is 0. The summed E-state index contributed by atoms with van der Waals surface area (Å²) in [6, 6.07) is 10.2. The molecule has 0 amide bonds. The number of ketones is 1. The van der Waals surface area contributed by atoms with Gasteiger partial charge < -0.3 is 4.90 Å². The van der Waals surface area contributed by atoms with E-state index in [4.69, 9.17) is 0 Å². The van der Waals surface area contributed by atoms with Gasteiger partial charge in [0.15, 0.2) is 0 Å². The lowest BCUT2D eigenvalue weighted by Gasteiger charge is -2.16. The molecule has 0 heterocycles. The Morgan fingerprint density at radius 1 is 1.25 bits per heavy atom. The summed E-state index contributed by atoms with van der Waals surface area (Å²) in [6.45, 7) is 2.00. The Morgan fingerprint density at radius 2 is 1.94 bits per heavy atom. The number of benzene rings is 1. The maximum Gasteiger partial charge on any atom is 0.140 e. The van der Waals surface area contributed by atoms with Gasteiger partial charge in [-0.1, -0.05) is 25.1 Å². The van der Waals surface area contributed by atoms with Crippen molar-refractivity contribution in [3.63, 3.8) is 0 Å². The predicted octanol–water partition coefficient (Wildman–Crippen LogP) is 3.01. The van der Waals surface area contributed by atoms with E-state index in [-0.39, 0.29) is 5.92 Å². The molecule has 0 N–H and O–H groups in total. The molecule has 1 aromatic rings. The fraction of sp³-hybridized carbons (Fsp3) is 0.357. The fourth-order valence-electron chi connectivity index (χ4n) is 2.07. The number of rotatable bonds is 2. The highest BCUT2D eigenvalue weighted by Crippen LogP contribution is 2.28. The number of hydrogen-bond donors (Lipinski definition) is 0. The number of nitrogens with zero attached hydrogens (tertiary/aromatic N) is 1. The van der Waals surface area contributed by atoms with Gasteiger partial charge in [0, 0.05) is 31.3 Å². The molecule has 0 aromatic heterocycles. The minimum absolute atomic E-state index is 0.103. The number of carbonyl (C=O) groups is 1. The standard InChI is InChI=1S/C14H17NO/c1-11-12(8-9-14(11)16)10-15(2)13-6-4-3-5-7-13/h3-7,10-11H,8-9H2,1-2H3. The number of hydrogen-bond acceptors (Lipinski definition) is 2. The largest absolute Gasteiger partial charge is 0.351 e. The molecule has 0 spiro atoms. The van der Waals surface area contributed by atoms with E-state index in [9.17, 15) is 4.79 Å². The lowest BCUT2D eigenvalue weighted by molar-refractivity contribution is -0.119. The van der Waals surface area contributed by atoms with Gasteiger partial charge in [-0.25, -0.2) is 0 Å². The van der Waals surface area contributed by atoms with Crippen LogP contribution in [-0.2, 0) is 4.79 Å². The third-order valence-corrected chi connectivity index (χ3v) is 3.22. The van der Waals surface area contributed by atoms with Gasteiger partial charge >= 0.3 is 0 Å². The first-order valence-corrected chi connectivity index (χ1v) is 5.69. The average Bonchev–Trinajstić information content (AvgIpc) is 2.62. The highest BCUT2D eigenvalue weighted by Gasteiger charge is 2.25. The van der Waals surface area contributed by atoms with Crippen LogP contribution in [0.1, 0.15) is 19.8 Å². The van der Waals surface area contributed by atoms with E-state index in [1.165, 1.54) is 5.57 Å². The van der Waals surface area contributed by atoms with Crippen LogP contribution in [0.5, 0.6) is 0 Å². The lowest BCUT2D eigenvalue weighted by Crippen LogP contribution is -2.11. The number of Topliss-reactive ketones (excluding diaryl/α,β-unsaturated/α-hetero) is 1. The van der Waals surface area contributed by atoms with Gasteiger partial charge in [0.1, 0.15) is 5.78 Å². The van der Waals surface area contributed by atoms with Gasteiger partial charge in [-0.3, -0.25) is 4.79 Å². The van der Waals surface area contributed by atoms with Gasteiger partial charge in [-0.2, -0.15) is 0 Å². The van der Waals surface area contributed by atoms with Crippen molar-refractivity contribution in [2.45, 2.75) is 19.8 Å². The molecular weight excluding hydrogens is 198 g/mol. The molecule has 2 nitrogen and oxygen atoms in total. The number of carbonyl (C=O) groups excluding carboxylic acids is 1. The van der Waals surface area contributed by atoms with Crippen molar-refractivity contribution >= 4 is 11.5 Å². The minimum Gasteiger partial charge on any atom is -0.351 e. The Morgan fingerprint density at radius 3 is 2.50 bits per heavy atom. The van der Waals surface area contributed by atoms with Crippen molar-refractivity contribution in [1.82, 2.24) is 0 Å². The summed E-state index contributed by atoms with van der Waals surface area (Å²) in [5.74, 6) is 0.471. The van der Waals surface area contributed by atoms with Gasteiger partial charge in [0.2, 0.25) is 0 Å². The molecule has 84 valence electrons. The van der Waals surface area contributed by atoms with E-state index < -0.39 is 0 Å². The first kappa shape index (κ1) is 10.9. The van der Waals surface area contributed by atoms with E-state index in [2.05, 4.69) is 23.2 Å². The van der Waals surface area contributed by atoms with Crippen LogP contribution in [0.2, 0.25) is 0 Å². The smallest absolute Gasteiger partial charge is 0.140 e. The molecule has 1 unspecified atom stereocenters. The van der Waals surface area contributed by atoms with Crippen molar-refractivity contribution in [3.05, 3.63) is 42.1 Å². The zero-order valence-electron chi connectivity index (χ0n) is 9.81. The quantitative estimate of drug-likeness (QED) is 0.756. The van der Waals surface area contributed by atoms with Gasteiger partial charge in [0.05, 0.1) is 0 Å². The number of allylic oxidation sites excluding steroid dienone is 1. The molecule has 1 aliphatic carbocycles. The molecule has 0 aliphatic heterocycles.